The van der Waals surface area contributed by atoms with Crippen LogP contribution < -0.4 is 4.90 Å². The van der Waals surface area contributed by atoms with Crippen LogP contribution in [0.3, 0.4) is 0 Å². The molecule has 0 aliphatic carbocycles. The molecule has 1 saturated heterocycles. The first-order valence-electron chi connectivity index (χ1n) is 5.31. The van der Waals surface area contributed by atoms with Crippen LogP contribution >= 0.6 is 27.7 Å². The zero-order valence-corrected chi connectivity index (χ0v) is 11.4. The second-order valence-corrected chi connectivity index (χ2v) is 6.00. The van der Waals surface area contributed by atoms with Crippen molar-refractivity contribution in [3.05, 3.63) is 29.8 Å². The zero-order valence-electron chi connectivity index (χ0n) is 8.95. The maximum absolute atomic E-state index is 3.56. The van der Waals surface area contributed by atoms with Crippen LogP contribution in [-0.2, 0) is 5.33 Å². The molecule has 1 unspecified atom stereocenters. The van der Waals surface area contributed by atoms with E-state index >= 15 is 0 Å². The fraction of sp³-hybridized carbons (Fsp3) is 0.500. The van der Waals surface area contributed by atoms with Gasteiger partial charge >= 0.3 is 0 Å². The number of halogens is 1. The molecule has 0 bridgehead atoms. The molecule has 1 fully saturated rings. The molecule has 0 amide bonds. The van der Waals surface area contributed by atoms with Gasteiger partial charge in [-0.25, -0.2) is 0 Å². The summed E-state index contributed by atoms with van der Waals surface area (Å²) in [6.07, 6.45) is 0. The van der Waals surface area contributed by atoms with E-state index in [1.165, 1.54) is 30.1 Å². The summed E-state index contributed by atoms with van der Waals surface area (Å²) in [5.41, 5.74) is 2.80. The zero-order chi connectivity index (χ0) is 10.7. The van der Waals surface area contributed by atoms with E-state index in [-0.39, 0.29) is 0 Å². The summed E-state index contributed by atoms with van der Waals surface area (Å²) in [7, 11) is 0. The van der Waals surface area contributed by atoms with Crippen molar-refractivity contribution in [3.8, 4) is 0 Å². The largest absolute Gasteiger partial charge is 0.369 e. The Bertz CT molecular complexity index is 329. The number of thioether (sulfide) groups is 1. The van der Waals surface area contributed by atoms with Crippen molar-refractivity contribution in [2.75, 3.05) is 23.7 Å². The first kappa shape index (κ1) is 11.3. The summed E-state index contributed by atoms with van der Waals surface area (Å²) < 4.78 is 0. The van der Waals surface area contributed by atoms with Gasteiger partial charge in [0.2, 0.25) is 0 Å². The third-order valence-corrected chi connectivity index (χ3v) is 4.46. The lowest BCUT2D eigenvalue weighted by Gasteiger charge is -2.33. The fourth-order valence-corrected chi connectivity index (χ4v) is 3.46. The Kier molecular flexibility index (Phi) is 3.98. The molecule has 0 saturated carbocycles. The number of para-hydroxylation sites is 1. The van der Waals surface area contributed by atoms with E-state index in [1.807, 2.05) is 0 Å². The molecule has 15 heavy (non-hydrogen) atoms. The molecule has 0 aromatic heterocycles. The fourth-order valence-electron chi connectivity index (χ4n) is 1.97. The van der Waals surface area contributed by atoms with E-state index in [0.717, 1.165) is 10.6 Å². The topological polar surface area (TPSA) is 3.24 Å². The quantitative estimate of drug-likeness (QED) is 0.765. The van der Waals surface area contributed by atoms with Crippen LogP contribution in [0.4, 0.5) is 5.69 Å². The van der Waals surface area contributed by atoms with Gasteiger partial charge < -0.3 is 4.90 Å². The molecule has 1 atom stereocenters. The molecule has 1 heterocycles. The maximum atomic E-state index is 3.56. The monoisotopic (exact) mass is 285 g/mol. The molecule has 82 valence electrons. The number of benzene rings is 1. The van der Waals surface area contributed by atoms with Gasteiger partial charge in [-0.2, -0.15) is 11.8 Å². The average molecular weight is 286 g/mol. The molecule has 1 aliphatic rings. The van der Waals surface area contributed by atoms with Crippen LogP contribution in [0.1, 0.15) is 12.5 Å². The summed E-state index contributed by atoms with van der Waals surface area (Å²) in [6, 6.07) is 8.69. The number of rotatable bonds is 2. The van der Waals surface area contributed by atoms with Gasteiger partial charge in [0, 0.05) is 35.1 Å². The summed E-state index contributed by atoms with van der Waals surface area (Å²) in [5, 5.41) is 1.70. The van der Waals surface area contributed by atoms with Gasteiger partial charge in [-0.1, -0.05) is 41.1 Å². The van der Waals surface area contributed by atoms with Gasteiger partial charge in [0.25, 0.3) is 0 Å². The average Bonchev–Trinajstić information content (AvgIpc) is 2.29. The van der Waals surface area contributed by atoms with E-state index in [4.69, 9.17) is 0 Å². The van der Waals surface area contributed by atoms with E-state index in [0.29, 0.717) is 0 Å². The lowest BCUT2D eigenvalue weighted by molar-refractivity contribution is 0.780. The molecule has 1 aliphatic heterocycles. The first-order valence-corrected chi connectivity index (χ1v) is 7.48. The normalized spacial score (nSPS) is 21.7. The number of nitrogens with zero attached hydrogens (tertiary/aromatic N) is 1. The highest BCUT2D eigenvalue weighted by Gasteiger charge is 2.18. The Morgan fingerprint density at radius 2 is 2.27 bits per heavy atom. The van der Waals surface area contributed by atoms with Crippen molar-refractivity contribution in [2.45, 2.75) is 17.5 Å². The van der Waals surface area contributed by atoms with E-state index < -0.39 is 0 Å². The minimum Gasteiger partial charge on any atom is -0.369 e. The Morgan fingerprint density at radius 1 is 1.47 bits per heavy atom. The molecule has 2 rings (SSSR count). The molecule has 0 N–H and O–H groups in total. The molecular weight excluding hydrogens is 270 g/mol. The minimum absolute atomic E-state index is 0.752. The first-order chi connectivity index (χ1) is 7.31. The van der Waals surface area contributed by atoms with E-state index in [1.54, 1.807) is 0 Å². The van der Waals surface area contributed by atoms with Gasteiger partial charge in [0.05, 0.1) is 0 Å². The number of anilines is 1. The smallest absolute Gasteiger partial charge is 0.0407 e. The third kappa shape index (κ3) is 2.70. The molecule has 0 radical (unpaired) electrons. The number of hydrogen-bond donors (Lipinski definition) is 0. The molecule has 3 heteroatoms. The van der Waals surface area contributed by atoms with Crippen molar-refractivity contribution in [2.24, 2.45) is 0 Å². The van der Waals surface area contributed by atoms with Crippen LogP contribution in [-0.4, -0.2) is 24.1 Å². The lowest BCUT2D eigenvalue weighted by Crippen LogP contribution is -2.37. The lowest BCUT2D eigenvalue weighted by atomic mass is 10.1. The van der Waals surface area contributed by atoms with Crippen molar-refractivity contribution >= 4 is 33.4 Å². The van der Waals surface area contributed by atoms with Gasteiger partial charge in [0.1, 0.15) is 0 Å². The predicted molar refractivity (Wildman–Crippen MR) is 73.2 cm³/mol. The van der Waals surface area contributed by atoms with Crippen molar-refractivity contribution in [1.29, 1.82) is 0 Å². The highest BCUT2D eigenvalue weighted by atomic mass is 79.9. The summed E-state index contributed by atoms with van der Waals surface area (Å²) in [5.74, 6) is 1.25. The third-order valence-electron chi connectivity index (χ3n) is 2.72. The van der Waals surface area contributed by atoms with Crippen LogP contribution in [0.2, 0.25) is 0 Å². The standard InChI is InChI=1S/C12H16BrNS/c1-10-9-14(6-7-15-10)12-5-3-2-4-11(12)8-13/h2-5,10H,6-9H2,1H3. The van der Waals surface area contributed by atoms with Gasteiger partial charge in [0.15, 0.2) is 0 Å². The second kappa shape index (κ2) is 5.26. The second-order valence-electron chi connectivity index (χ2n) is 3.89. The predicted octanol–water partition coefficient (Wildman–Crippen LogP) is 3.52. The Balaban J connectivity index is 2.20. The Labute approximate surface area is 104 Å². The highest BCUT2D eigenvalue weighted by Crippen LogP contribution is 2.27. The SMILES string of the molecule is CC1CN(c2ccccc2CBr)CCS1. The molecule has 1 aromatic rings. The molecule has 1 aromatic carbocycles. The molecule has 1 nitrogen and oxygen atoms in total. The molecular formula is C12H16BrNS. The maximum Gasteiger partial charge on any atom is 0.0407 e. The summed E-state index contributed by atoms with van der Waals surface area (Å²) in [6.45, 7) is 4.67. The Hall–Kier alpha value is -0.150. The van der Waals surface area contributed by atoms with Crippen LogP contribution in [0.25, 0.3) is 0 Å². The molecule has 0 spiro atoms. The van der Waals surface area contributed by atoms with Crippen LogP contribution in [0.5, 0.6) is 0 Å². The van der Waals surface area contributed by atoms with Crippen LogP contribution in [0.15, 0.2) is 24.3 Å². The van der Waals surface area contributed by atoms with Gasteiger partial charge in [-0.15, -0.1) is 0 Å². The van der Waals surface area contributed by atoms with Gasteiger partial charge in [-0.3, -0.25) is 0 Å². The van der Waals surface area contributed by atoms with E-state index in [2.05, 4.69) is 63.8 Å². The summed E-state index contributed by atoms with van der Waals surface area (Å²) >= 11 is 5.63. The van der Waals surface area contributed by atoms with Crippen molar-refractivity contribution in [3.63, 3.8) is 0 Å². The van der Waals surface area contributed by atoms with Crippen molar-refractivity contribution in [1.82, 2.24) is 0 Å². The minimum atomic E-state index is 0.752. The van der Waals surface area contributed by atoms with E-state index in [9.17, 15) is 0 Å². The van der Waals surface area contributed by atoms with Crippen molar-refractivity contribution < 1.29 is 0 Å². The van der Waals surface area contributed by atoms with Crippen LogP contribution in [0, 0.1) is 0 Å². The Morgan fingerprint density at radius 3 is 3.00 bits per heavy atom. The number of alkyl halides is 1. The number of hydrogen-bond acceptors (Lipinski definition) is 2. The summed E-state index contributed by atoms with van der Waals surface area (Å²) in [4.78, 5) is 2.51. The van der Waals surface area contributed by atoms with Gasteiger partial charge in [-0.05, 0) is 11.6 Å². The highest BCUT2D eigenvalue weighted by molar-refractivity contribution is 9.08.